The summed E-state index contributed by atoms with van der Waals surface area (Å²) in [6.07, 6.45) is 1.13. The smallest absolute Gasteiger partial charge is 0.255 e. The molecule has 0 radical (unpaired) electrons. The molecule has 0 aromatic heterocycles. The molecule has 36 heavy (non-hydrogen) atoms. The lowest BCUT2D eigenvalue weighted by Crippen LogP contribution is -2.32. The summed E-state index contributed by atoms with van der Waals surface area (Å²) in [5.74, 6) is -4.58. The van der Waals surface area contributed by atoms with Crippen LogP contribution in [0.25, 0.3) is 5.70 Å². The van der Waals surface area contributed by atoms with E-state index in [2.05, 4.69) is 10.3 Å². The van der Waals surface area contributed by atoms with E-state index in [9.17, 15) is 22.8 Å². The fourth-order valence-corrected chi connectivity index (χ4v) is 3.67. The summed E-state index contributed by atoms with van der Waals surface area (Å²) in [6.45, 7) is 0.508. The lowest BCUT2D eigenvalue weighted by Gasteiger charge is -2.19. The number of primary amides is 1. The average Bonchev–Trinajstić information content (AvgIpc) is 2.84. The number of amides is 2. The molecule has 1 heterocycles. The first-order valence-electron chi connectivity index (χ1n) is 10.9. The predicted octanol–water partition coefficient (Wildman–Crippen LogP) is 1.73. The minimum Gasteiger partial charge on any atom is -0.496 e. The van der Waals surface area contributed by atoms with Crippen molar-refractivity contribution in [2.45, 2.75) is 25.4 Å². The van der Waals surface area contributed by atoms with Crippen molar-refractivity contribution in [1.29, 1.82) is 0 Å². The molecule has 0 saturated carbocycles. The number of halogens is 3. The van der Waals surface area contributed by atoms with E-state index in [1.165, 1.54) is 13.2 Å². The molecule has 7 N–H and O–H groups in total. The van der Waals surface area contributed by atoms with Crippen LogP contribution in [0.1, 0.15) is 34.3 Å². The highest BCUT2D eigenvalue weighted by Gasteiger charge is 2.23. The van der Waals surface area contributed by atoms with E-state index in [0.717, 1.165) is 24.3 Å². The number of aliphatic imine (C=N–C) groups is 1. The fourth-order valence-electron chi connectivity index (χ4n) is 3.67. The van der Waals surface area contributed by atoms with Crippen LogP contribution >= 0.6 is 0 Å². The minimum atomic E-state index is -1.05. The van der Waals surface area contributed by atoms with Gasteiger partial charge in [-0.15, -0.1) is 0 Å². The molecular formula is C24H26F3N5O4. The van der Waals surface area contributed by atoms with Gasteiger partial charge in [0, 0.05) is 30.9 Å². The van der Waals surface area contributed by atoms with Crippen molar-refractivity contribution in [2.75, 3.05) is 20.3 Å². The van der Waals surface area contributed by atoms with Crippen LogP contribution in [0.5, 0.6) is 5.75 Å². The van der Waals surface area contributed by atoms with Gasteiger partial charge in [-0.3, -0.25) is 14.6 Å². The van der Waals surface area contributed by atoms with Gasteiger partial charge < -0.3 is 32.0 Å². The number of nitrogens with one attached hydrogen (secondary N) is 1. The molecular weight excluding hydrogens is 479 g/mol. The zero-order chi connectivity index (χ0) is 26.4. The van der Waals surface area contributed by atoms with Gasteiger partial charge in [-0.05, 0) is 43.2 Å². The van der Waals surface area contributed by atoms with Crippen LogP contribution in [0.2, 0.25) is 0 Å². The third-order valence-electron chi connectivity index (χ3n) is 5.56. The Bertz CT molecular complexity index is 1230. The Hall–Kier alpha value is -4.06. The SMILES string of the molecule is COc1ccc(F)cc1C(=O)NCc1cc(F)c(C(N)=C(C(N)=O)C(N)=NC2CCOCC2)cc1F. The normalized spacial score (nSPS) is 15.3. The van der Waals surface area contributed by atoms with Crippen molar-refractivity contribution in [2.24, 2.45) is 22.2 Å². The van der Waals surface area contributed by atoms with Crippen molar-refractivity contribution in [3.05, 3.63) is 70.0 Å². The van der Waals surface area contributed by atoms with Gasteiger partial charge in [0.1, 0.15) is 34.6 Å². The highest BCUT2D eigenvalue weighted by Crippen LogP contribution is 2.23. The van der Waals surface area contributed by atoms with Crippen molar-refractivity contribution >= 4 is 23.3 Å². The van der Waals surface area contributed by atoms with Crippen molar-refractivity contribution in [3.8, 4) is 5.75 Å². The van der Waals surface area contributed by atoms with Crippen LogP contribution in [-0.2, 0) is 16.1 Å². The maximum Gasteiger partial charge on any atom is 0.255 e. The number of methoxy groups -OCH3 is 1. The number of nitrogens with zero attached hydrogens (tertiary/aromatic N) is 1. The van der Waals surface area contributed by atoms with E-state index in [4.69, 9.17) is 26.7 Å². The number of carbonyl (C=O) groups excluding carboxylic acids is 2. The summed E-state index contributed by atoms with van der Waals surface area (Å²) < 4.78 is 53.6. The Morgan fingerprint density at radius 3 is 2.39 bits per heavy atom. The second-order valence-corrected chi connectivity index (χ2v) is 7.96. The molecule has 3 rings (SSSR count). The maximum atomic E-state index is 14.9. The third kappa shape index (κ3) is 6.13. The number of carbonyl (C=O) groups is 2. The number of rotatable bonds is 8. The number of amidine groups is 1. The van der Waals surface area contributed by atoms with E-state index in [1.807, 2.05) is 0 Å². The van der Waals surface area contributed by atoms with Gasteiger partial charge in [0.15, 0.2) is 0 Å². The van der Waals surface area contributed by atoms with Gasteiger partial charge >= 0.3 is 0 Å². The van der Waals surface area contributed by atoms with Gasteiger partial charge in [0.05, 0.1) is 24.4 Å². The number of nitrogens with two attached hydrogens (primary N) is 3. The molecule has 1 aliphatic heterocycles. The van der Waals surface area contributed by atoms with Crippen LogP contribution in [-0.4, -0.2) is 44.0 Å². The molecule has 2 aromatic carbocycles. The molecule has 1 fully saturated rings. The fraction of sp³-hybridized carbons (Fsp3) is 0.292. The minimum absolute atomic E-state index is 0.104. The van der Waals surface area contributed by atoms with Crippen LogP contribution in [0.15, 0.2) is 40.9 Å². The Morgan fingerprint density at radius 2 is 1.75 bits per heavy atom. The van der Waals surface area contributed by atoms with Gasteiger partial charge in [-0.2, -0.15) is 0 Å². The van der Waals surface area contributed by atoms with E-state index in [-0.39, 0.29) is 28.8 Å². The largest absolute Gasteiger partial charge is 0.496 e. The van der Waals surface area contributed by atoms with Crippen molar-refractivity contribution in [1.82, 2.24) is 5.32 Å². The summed E-state index contributed by atoms with van der Waals surface area (Å²) in [7, 11) is 1.30. The zero-order valence-corrected chi connectivity index (χ0v) is 19.4. The Balaban J connectivity index is 1.86. The first-order valence-corrected chi connectivity index (χ1v) is 10.9. The molecule has 1 saturated heterocycles. The maximum absolute atomic E-state index is 14.9. The van der Waals surface area contributed by atoms with Gasteiger partial charge in [0.2, 0.25) is 0 Å². The van der Waals surface area contributed by atoms with E-state index >= 15 is 0 Å². The molecule has 0 aliphatic carbocycles. The average molecular weight is 505 g/mol. The molecule has 1 aliphatic rings. The summed E-state index contributed by atoms with van der Waals surface area (Å²) in [5, 5.41) is 2.38. The van der Waals surface area contributed by atoms with E-state index < -0.39 is 52.6 Å². The van der Waals surface area contributed by atoms with Crippen LogP contribution in [0.4, 0.5) is 13.2 Å². The quantitative estimate of drug-likeness (QED) is 0.243. The highest BCUT2D eigenvalue weighted by atomic mass is 19.1. The molecule has 2 aromatic rings. The van der Waals surface area contributed by atoms with Crippen LogP contribution in [0.3, 0.4) is 0 Å². The first kappa shape index (κ1) is 26.5. The summed E-state index contributed by atoms with van der Waals surface area (Å²) in [5.41, 5.74) is 15.6. The molecule has 192 valence electrons. The predicted molar refractivity (Wildman–Crippen MR) is 126 cm³/mol. The number of ether oxygens (including phenoxy) is 2. The highest BCUT2D eigenvalue weighted by molar-refractivity contribution is 6.24. The number of hydrogen-bond donors (Lipinski definition) is 4. The van der Waals surface area contributed by atoms with Crippen molar-refractivity contribution in [3.63, 3.8) is 0 Å². The van der Waals surface area contributed by atoms with Crippen molar-refractivity contribution < 1.29 is 32.2 Å². The lowest BCUT2D eigenvalue weighted by molar-refractivity contribution is -0.114. The Labute approximate surface area is 205 Å². The summed E-state index contributed by atoms with van der Waals surface area (Å²) >= 11 is 0. The molecule has 0 atom stereocenters. The second kappa shape index (κ2) is 11.6. The monoisotopic (exact) mass is 505 g/mol. The van der Waals surface area contributed by atoms with Gasteiger partial charge in [-0.1, -0.05) is 0 Å². The van der Waals surface area contributed by atoms with Gasteiger partial charge in [-0.25, -0.2) is 13.2 Å². The van der Waals surface area contributed by atoms with Gasteiger partial charge in [0.25, 0.3) is 11.8 Å². The van der Waals surface area contributed by atoms with Crippen LogP contribution in [0, 0.1) is 17.5 Å². The van der Waals surface area contributed by atoms with E-state index in [0.29, 0.717) is 26.1 Å². The Kier molecular flexibility index (Phi) is 8.54. The van der Waals surface area contributed by atoms with Crippen LogP contribution < -0.4 is 27.3 Å². The molecule has 12 heteroatoms. The topological polar surface area (TPSA) is 155 Å². The molecule has 0 spiro atoms. The summed E-state index contributed by atoms with van der Waals surface area (Å²) in [4.78, 5) is 28.7. The third-order valence-corrected chi connectivity index (χ3v) is 5.56. The molecule has 2 amide bonds. The zero-order valence-electron chi connectivity index (χ0n) is 19.4. The molecule has 9 nitrogen and oxygen atoms in total. The lowest BCUT2D eigenvalue weighted by atomic mass is 10.0. The number of benzene rings is 2. The molecule has 0 unspecified atom stereocenters. The second-order valence-electron chi connectivity index (χ2n) is 7.96. The first-order chi connectivity index (χ1) is 17.1. The molecule has 0 bridgehead atoms. The Morgan fingerprint density at radius 1 is 1.06 bits per heavy atom. The standard InChI is InChI=1S/C24H26F3N5O4/c1-35-19-3-2-13(25)9-16(19)24(34)31-11-12-8-18(27)15(10-17(12)26)21(28)20(23(30)33)22(29)32-14-4-6-36-7-5-14/h2-3,8-10,14H,4-7,11,28H2,1H3,(H2,29,32)(H2,30,33)(H,31,34). The summed E-state index contributed by atoms with van der Waals surface area (Å²) in [6, 6.07) is 4.68. The van der Waals surface area contributed by atoms with E-state index in [1.54, 1.807) is 0 Å². The number of hydrogen-bond acceptors (Lipinski definition) is 6.